The Kier molecular flexibility index (Phi) is 2.62. The second kappa shape index (κ2) is 3.94. The van der Waals surface area contributed by atoms with E-state index in [0.717, 1.165) is 0 Å². The van der Waals surface area contributed by atoms with Crippen molar-refractivity contribution in [3.05, 3.63) is 45.7 Å². The summed E-state index contributed by atoms with van der Waals surface area (Å²) in [4.78, 5) is 16.6. The number of nitrogens with two attached hydrogens (primary N) is 1. The van der Waals surface area contributed by atoms with Gasteiger partial charge in [-0.1, -0.05) is 17.7 Å². The average Bonchev–Trinajstić information content (AvgIpc) is 2.20. The summed E-state index contributed by atoms with van der Waals surface area (Å²) in [5, 5.41) is 0.209. The molecule has 2 aromatic rings. The quantitative estimate of drug-likeness (QED) is 0.797. The van der Waals surface area contributed by atoms with Crippen molar-refractivity contribution in [2.45, 2.75) is 0 Å². The van der Waals surface area contributed by atoms with Gasteiger partial charge in [-0.05, 0) is 12.1 Å². The van der Waals surface area contributed by atoms with Crippen LogP contribution in [0.1, 0.15) is 0 Å². The van der Waals surface area contributed by atoms with Crippen LogP contribution in [0.2, 0.25) is 5.02 Å². The van der Waals surface area contributed by atoms with Crippen LogP contribution in [0.15, 0.2) is 29.2 Å². The third-order valence-corrected chi connectivity index (χ3v) is 2.39. The molecule has 0 fully saturated rings. The lowest BCUT2D eigenvalue weighted by Gasteiger charge is -2.07. The van der Waals surface area contributed by atoms with Crippen LogP contribution < -0.4 is 11.4 Å². The predicted molar refractivity (Wildman–Crippen MR) is 59.7 cm³/mol. The second-order valence-corrected chi connectivity index (χ2v) is 3.52. The molecule has 82 valence electrons. The molecule has 1 heterocycles. The maximum absolute atomic E-state index is 13.6. The maximum atomic E-state index is 13.6. The number of nitrogens with zero attached hydrogens (tertiary/aromatic N) is 1. The molecule has 0 aliphatic heterocycles. The first-order valence-corrected chi connectivity index (χ1v) is 4.76. The number of H-pyrrole nitrogens is 1. The zero-order valence-electron chi connectivity index (χ0n) is 8.00. The fourth-order valence-corrected chi connectivity index (χ4v) is 1.63. The number of nitrogen functional groups attached to an aromatic ring is 1. The topological polar surface area (TPSA) is 71.8 Å². The zero-order valence-corrected chi connectivity index (χ0v) is 8.75. The molecule has 0 saturated carbocycles. The zero-order chi connectivity index (χ0) is 11.7. The van der Waals surface area contributed by atoms with E-state index in [-0.39, 0.29) is 22.0 Å². The number of benzene rings is 1. The Bertz CT molecular complexity index is 577. The van der Waals surface area contributed by atoms with Gasteiger partial charge in [-0.25, -0.2) is 14.2 Å². The van der Waals surface area contributed by atoms with E-state index in [1.165, 1.54) is 24.4 Å². The number of aromatic nitrogens is 2. The predicted octanol–water partition coefficient (Wildman–Crippen LogP) is 1.81. The summed E-state index contributed by atoms with van der Waals surface area (Å²) in [6.45, 7) is 0. The first-order chi connectivity index (χ1) is 7.59. The fourth-order valence-electron chi connectivity index (χ4n) is 1.36. The van der Waals surface area contributed by atoms with Crippen LogP contribution in [-0.4, -0.2) is 9.97 Å². The molecule has 0 bridgehead atoms. The standard InChI is InChI=1S/C10H7ClFN3O/c11-6-2-1-3-7(12)8(6)5-4-14-10(16)15-9(5)13/h1-4H,(H3,13,14,15,16). The number of hydrogen-bond donors (Lipinski definition) is 2. The normalized spacial score (nSPS) is 10.4. The van der Waals surface area contributed by atoms with Gasteiger partial charge in [0.1, 0.15) is 11.6 Å². The second-order valence-electron chi connectivity index (χ2n) is 3.11. The van der Waals surface area contributed by atoms with E-state index >= 15 is 0 Å². The summed E-state index contributed by atoms with van der Waals surface area (Å²) >= 11 is 5.86. The number of nitrogens with one attached hydrogen (secondary N) is 1. The molecule has 6 heteroatoms. The molecule has 2 rings (SSSR count). The van der Waals surface area contributed by atoms with Gasteiger partial charge in [0.15, 0.2) is 0 Å². The smallest absolute Gasteiger partial charge is 0.346 e. The molecule has 0 unspecified atom stereocenters. The van der Waals surface area contributed by atoms with E-state index < -0.39 is 11.5 Å². The van der Waals surface area contributed by atoms with Gasteiger partial charge >= 0.3 is 5.69 Å². The molecule has 4 nitrogen and oxygen atoms in total. The van der Waals surface area contributed by atoms with E-state index in [4.69, 9.17) is 17.3 Å². The third kappa shape index (κ3) is 1.77. The van der Waals surface area contributed by atoms with Crippen molar-refractivity contribution in [3.8, 4) is 11.1 Å². The van der Waals surface area contributed by atoms with E-state index in [0.29, 0.717) is 0 Å². The Morgan fingerprint density at radius 1 is 1.44 bits per heavy atom. The van der Waals surface area contributed by atoms with E-state index in [2.05, 4.69) is 9.97 Å². The molecule has 0 atom stereocenters. The Morgan fingerprint density at radius 3 is 2.81 bits per heavy atom. The van der Waals surface area contributed by atoms with Gasteiger partial charge in [0.2, 0.25) is 0 Å². The van der Waals surface area contributed by atoms with Crippen molar-refractivity contribution in [1.29, 1.82) is 0 Å². The lowest BCUT2D eigenvalue weighted by atomic mass is 10.1. The molecule has 1 aromatic carbocycles. The van der Waals surface area contributed by atoms with Crippen LogP contribution >= 0.6 is 11.6 Å². The largest absolute Gasteiger partial charge is 0.385 e. The molecule has 0 radical (unpaired) electrons. The number of rotatable bonds is 1. The summed E-state index contributed by atoms with van der Waals surface area (Å²) in [6, 6.07) is 4.27. The van der Waals surface area contributed by atoms with Crippen molar-refractivity contribution in [2.24, 2.45) is 0 Å². The molecule has 0 spiro atoms. The van der Waals surface area contributed by atoms with Crippen molar-refractivity contribution < 1.29 is 4.39 Å². The fraction of sp³-hybridized carbons (Fsp3) is 0. The Morgan fingerprint density at radius 2 is 2.19 bits per heavy atom. The lowest BCUT2D eigenvalue weighted by Crippen LogP contribution is -2.12. The van der Waals surface area contributed by atoms with Gasteiger partial charge in [0.05, 0.1) is 5.02 Å². The molecular formula is C10H7ClFN3O. The molecule has 0 aliphatic rings. The summed E-state index contributed by atoms with van der Waals surface area (Å²) in [7, 11) is 0. The molecular weight excluding hydrogens is 233 g/mol. The Balaban J connectivity index is 2.72. The van der Waals surface area contributed by atoms with Gasteiger partial charge in [-0.15, -0.1) is 0 Å². The highest BCUT2D eigenvalue weighted by Crippen LogP contribution is 2.32. The highest BCUT2D eigenvalue weighted by Gasteiger charge is 2.13. The van der Waals surface area contributed by atoms with Crippen molar-refractivity contribution in [1.82, 2.24) is 9.97 Å². The van der Waals surface area contributed by atoms with Crippen LogP contribution in [-0.2, 0) is 0 Å². The summed E-state index contributed by atoms with van der Waals surface area (Å²) in [5.74, 6) is -0.486. The van der Waals surface area contributed by atoms with Gasteiger partial charge in [0.25, 0.3) is 0 Å². The Labute approximate surface area is 94.9 Å². The average molecular weight is 240 g/mol. The number of hydrogen-bond acceptors (Lipinski definition) is 3. The number of anilines is 1. The van der Waals surface area contributed by atoms with E-state index in [1.807, 2.05) is 0 Å². The summed E-state index contributed by atoms with van der Waals surface area (Å²) in [5.41, 5.74) is 5.38. The van der Waals surface area contributed by atoms with Crippen LogP contribution in [0.5, 0.6) is 0 Å². The van der Waals surface area contributed by atoms with E-state index in [1.54, 1.807) is 0 Å². The molecule has 3 N–H and O–H groups in total. The SMILES string of the molecule is Nc1[nH]c(=O)ncc1-c1c(F)cccc1Cl. The third-order valence-electron chi connectivity index (χ3n) is 2.07. The van der Waals surface area contributed by atoms with Gasteiger partial charge < -0.3 is 5.73 Å². The van der Waals surface area contributed by atoms with Gasteiger partial charge in [-0.2, -0.15) is 0 Å². The highest BCUT2D eigenvalue weighted by atomic mass is 35.5. The highest BCUT2D eigenvalue weighted by molar-refractivity contribution is 6.33. The van der Waals surface area contributed by atoms with Gasteiger partial charge in [0, 0.05) is 17.3 Å². The molecule has 0 aliphatic carbocycles. The van der Waals surface area contributed by atoms with Gasteiger partial charge in [-0.3, -0.25) is 4.98 Å². The first kappa shape index (κ1) is 10.6. The van der Waals surface area contributed by atoms with Crippen LogP contribution in [0.3, 0.4) is 0 Å². The molecule has 1 aromatic heterocycles. The molecule has 0 saturated heterocycles. The minimum absolute atomic E-state index is 0.0343. The first-order valence-electron chi connectivity index (χ1n) is 4.39. The summed E-state index contributed by atoms with van der Waals surface area (Å²) in [6.07, 6.45) is 1.19. The van der Waals surface area contributed by atoms with Crippen LogP contribution in [0.4, 0.5) is 10.2 Å². The monoisotopic (exact) mass is 239 g/mol. The molecule has 16 heavy (non-hydrogen) atoms. The summed E-state index contributed by atoms with van der Waals surface area (Å²) < 4.78 is 13.6. The van der Waals surface area contributed by atoms with Crippen molar-refractivity contribution in [3.63, 3.8) is 0 Å². The van der Waals surface area contributed by atoms with Crippen molar-refractivity contribution >= 4 is 17.4 Å². The lowest BCUT2D eigenvalue weighted by molar-refractivity contribution is 0.631. The number of halogens is 2. The minimum atomic E-state index is -0.589. The minimum Gasteiger partial charge on any atom is -0.385 e. The molecule has 0 amide bonds. The number of aromatic amines is 1. The maximum Gasteiger partial charge on any atom is 0.346 e. The van der Waals surface area contributed by atoms with E-state index in [9.17, 15) is 9.18 Å². The van der Waals surface area contributed by atoms with Crippen LogP contribution in [0.25, 0.3) is 11.1 Å². The van der Waals surface area contributed by atoms with Crippen LogP contribution in [0, 0.1) is 5.82 Å². The van der Waals surface area contributed by atoms with Crippen molar-refractivity contribution in [2.75, 3.05) is 5.73 Å². The Hall–Kier alpha value is -1.88.